The van der Waals surface area contributed by atoms with Crippen molar-refractivity contribution in [3.05, 3.63) is 84.9 Å². The van der Waals surface area contributed by atoms with Crippen molar-refractivity contribution in [2.24, 2.45) is 5.10 Å². The van der Waals surface area contributed by atoms with Gasteiger partial charge in [0.1, 0.15) is 24.8 Å². The van der Waals surface area contributed by atoms with Crippen LogP contribution < -0.4 is 20.0 Å². The van der Waals surface area contributed by atoms with Crippen molar-refractivity contribution in [3.63, 3.8) is 0 Å². The zero-order valence-corrected chi connectivity index (χ0v) is 25.8. The van der Waals surface area contributed by atoms with Crippen LogP contribution in [-0.4, -0.2) is 84.0 Å². The van der Waals surface area contributed by atoms with Gasteiger partial charge >= 0.3 is 0 Å². The first-order valence-electron chi connectivity index (χ1n) is 15.5. The maximum atomic E-state index is 7.11. The largest absolute Gasteiger partial charge is 0.491 e. The van der Waals surface area contributed by atoms with Gasteiger partial charge in [0.05, 0.1) is 31.1 Å². The third-order valence-electron chi connectivity index (χ3n) is 8.41. The molecule has 2 fully saturated rings. The van der Waals surface area contributed by atoms with Crippen LogP contribution in [-0.2, 0) is 15.3 Å². The van der Waals surface area contributed by atoms with E-state index in [1.165, 1.54) is 17.6 Å². The summed E-state index contributed by atoms with van der Waals surface area (Å²) in [5, 5.41) is 15.5. The van der Waals surface area contributed by atoms with Crippen LogP contribution in [0.1, 0.15) is 31.9 Å². The van der Waals surface area contributed by atoms with Crippen molar-refractivity contribution < 1.29 is 14.2 Å². The Morgan fingerprint density at radius 2 is 1.64 bits per heavy atom. The van der Waals surface area contributed by atoms with E-state index in [0.29, 0.717) is 19.3 Å². The molecule has 236 valence electrons. The summed E-state index contributed by atoms with van der Waals surface area (Å²) < 4.78 is 20.7. The van der Waals surface area contributed by atoms with E-state index < -0.39 is 5.79 Å². The highest BCUT2D eigenvalue weighted by molar-refractivity contribution is 6.14. The number of nitrogens with one attached hydrogen (secondary N) is 2. The minimum absolute atomic E-state index is 0.258. The quantitative estimate of drug-likeness (QED) is 0.170. The molecule has 2 aromatic heterocycles. The Labute approximate surface area is 263 Å². The number of hydrogen-bond acceptors (Lipinski definition) is 10. The fraction of sp³-hybridized carbons (Fsp3) is 0.394. The minimum atomic E-state index is -1.01. The molecule has 0 bridgehead atoms. The highest BCUT2D eigenvalue weighted by atomic mass is 16.8. The van der Waals surface area contributed by atoms with E-state index in [-0.39, 0.29) is 12.6 Å². The van der Waals surface area contributed by atoms with Gasteiger partial charge in [-0.15, -0.1) is 5.10 Å². The Hall–Kier alpha value is -4.68. The number of pyridine rings is 1. The number of nitrogens with zero attached hydrogens (tertiary/aromatic N) is 7. The minimum Gasteiger partial charge on any atom is -0.491 e. The number of aromatic nitrogens is 4. The lowest BCUT2D eigenvalue weighted by atomic mass is 10.1. The Bertz CT molecular complexity index is 1530. The zero-order chi connectivity index (χ0) is 31.1. The normalized spacial score (nSPS) is 20.9. The number of piperazine rings is 1. The maximum absolute atomic E-state index is 7.11. The first kappa shape index (κ1) is 30.4. The molecule has 2 aliphatic heterocycles. The molecule has 0 aliphatic carbocycles. The lowest BCUT2D eigenvalue weighted by molar-refractivity contribution is -0.175. The van der Waals surface area contributed by atoms with Gasteiger partial charge in [-0.2, -0.15) is 9.90 Å². The highest BCUT2D eigenvalue weighted by Crippen LogP contribution is 2.34. The summed E-state index contributed by atoms with van der Waals surface area (Å²) in [6.45, 7) is 9.21. The van der Waals surface area contributed by atoms with E-state index in [9.17, 15) is 0 Å². The molecular formula is C33H41N9O3. The summed E-state index contributed by atoms with van der Waals surface area (Å²) in [5.74, 6) is -0.224. The lowest BCUT2D eigenvalue weighted by Gasteiger charge is -2.37. The van der Waals surface area contributed by atoms with Gasteiger partial charge in [-0.3, -0.25) is 4.98 Å². The Balaban J connectivity index is 0.987. The molecule has 2 aromatic carbocycles. The van der Waals surface area contributed by atoms with E-state index in [2.05, 4.69) is 85.3 Å². The smallest absolute Gasteiger partial charge is 0.215 e. The van der Waals surface area contributed by atoms with E-state index in [0.717, 1.165) is 55.8 Å². The molecule has 3 atom stereocenters. The first-order valence-corrected chi connectivity index (χ1v) is 15.5. The number of hydrazone groups is 1. The second-order valence-electron chi connectivity index (χ2n) is 11.3. The standard InChI is InChI=1S/C33H41N9O3/c1-3-26(2)42-38-25-41(42)30-6-4-28(5-7-30)39-18-20-40(21-19-39)29-8-10-31(11-9-29)43-22-32-23-44-33(45-32,24-37-36-17-14-34)27-12-15-35-16-13-27/h4-17,25-26,32,34,37H,3,18-24H2,1-2H3/b34-14?,36-17-/t26?,32-,33-/m1/s1. The van der Waals surface area contributed by atoms with Crippen molar-refractivity contribution in [1.29, 1.82) is 5.41 Å². The molecule has 2 N–H and O–H groups in total. The van der Waals surface area contributed by atoms with Crippen LogP contribution in [0.2, 0.25) is 0 Å². The van der Waals surface area contributed by atoms with E-state index in [1.807, 2.05) is 35.4 Å². The Kier molecular flexibility index (Phi) is 9.41. The number of benzene rings is 2. The van der Waals surface area contributed by atoms with Crippen LogP contribution in [0, 0.1) is 5.41 Å². The molecule has 1 unspecified atom stereocenters. The third-order valence-corrected chi connectivity index (χ3v) is 8.41. The summed E-state index contributed by atoms with van der Waals surface area (Å²) in [6, 6.07) is 21.2. The molecule has 4 heterocycles. The summed E-state index contributed by atoms with van der Waals surface area (Å²) in [4.78, 5) is 11.0. The SMILES string of the molecule is CCC(C)n1ncn1-c1ccc(N2CCN(c3ccc(OC[C@@H]4CO[C@@](CN/N=C\C=N)(c5ccncc5)O4)cc3)CC2)cc1. The van der Waals surface area contributed by atoms with Crippen molar-refractivity contribution in [2.45, 2.75) is 38.2 Å². The lowest BCUT2D eigenvalue weighted by Crippen LogP contribution is -2.46. The first-order chi connectivity index (χ1) is 22.1. The van der Waals surface area contributed by atoms with Gasteiger partial charge in [-0.25, -0.2) is 4.68 Å². The molecule has 2 aliphatic rings. The van der Waals surface area contributed by atoms with Crippen molar-refractivity contribution in [2.75, 3.05) is 55.7 Å². The van der Waals surface area contributed by atoms with Gasteiger partial charge in [0.25, 0.3) is 0 Å². The Morgan fingerprint density at radius 3 is 2.24 bits per heavy atom. The van der Waals surface area contributed by atoms with Gasteiger partial charge in [-0.1, -0.05) is 6.92 Å². The predicted molar refractivity (Wildman–Crippen MR) is 175 cm³/mol. The average Bonchev–Trinajstić information content (AvgIpc) is 3.50. The van der Waals surface area contributed by atoms with Crippen LogP contribution in [0.15, 0.2) is 84.5 Å². The van der Waals surface area contributed by atoms with Crippen LogP contribution in [0.3, 0.4) is 0 Å². The molecule has 0 radical (unpaired) electrons. The molecular weight excluding hydrogens is 570 g/mol. The number of ether oxygens (including phenoxy) is 3. The van der Waals surface area contributed by atoms with Crippen LogP contribution >= 0.6 is 0 Å². The molecule has 0 saturated carbocycles. The molecule has 0 spiro atoms. The summed E-state index contributed by atoms with van der Waals surface area (Å²) in [7, 11) is 0. The molecule has 4 aromatic rings. The van der Waals surface area contributed by atoms with Crippen molar-refractivity contribution in [3.8, 4) is 11.4 Å². The highest BCUT2D eigenvalue weighted by Gasteiger charge is 2.43. The molecule has 45 heavy (non-hydrogen) atoms. The zero-order valence-electron chi connectivity index (χ0n) is 25.8. The molecule has 6 rings (SSSR count). The summed E-state index contributed by atoms with van der Waals surface area (Å²) in [5.41, 5.74) is 7.33. The van der Waals surface area contributed by atoms with E-state index >= 15 is 0 Å². The topological polar surface area (TPSA) is 118 Å². The Morgan fingerprint density at radius 1 is 1.00 bits per heavy atom. The average molecular weight is 612 g/mol. The molecule has 0 amide bonds. The number of hydrogen-bond donors (Lipinski definition) is 2. The second kappa shape index (κ2) is 14.0. The van der Waals surface area contributed by atoms with Crippen LogP contribution in [0.25, 0.3) is 5.69 Å². The molecule has 12 nitrogen and oxygen atoms in total. The maximum Gasteiger partial charge on any atom is 0.215 e. The fourth-order valence-corrected chi connectivity index (χ4v) is 5.66. The van der Waals surface area contributed by atoms with Gasteiger partial charge in [-0.05, 0) is 74.0 Å². The second-order valence-corrected chi connectivity index (χ2v) is 11.3. The number of rotatable bonds is 13. The van der Waals surface area contributed by atoms with Gasteiger partial charge in [0.15, 0.2) is 0 Å². The predicted octanol–water partition coefficient (Wildman–Crippen LogP) is 4.24. The van der Waals surface area contributed by atoms with Crippen LogP contribution in [0.4, 0.5) is 11.4 Å². The summed E-state index contributed by atoms with van der Waals surface area (Å²) >= 11 is 0. The van der Waals surface area contributed by atoms with Gasteiger partial charge in [0.2, 0.25) is 5.79 Å². The number of anilines is 2. The van der Waals surface area contributed by atoms with E-state index in [4.69, 9.17) is 19.6 Å². The molecule has 2 saturated heterocycles. The van der Waals surface area contributed by atoms with Gasteiger partial charge < -0.3 is 34.8 Å². The monoisotopic (exact) mass is 611 g/mol. The van der Waals surface area contributed by atoms with Gasteiger partial charge in [0, 0.05) is 61.7 Å². The van der Waals surface area contributed by atoms with Crippen molar-refractivity contribution >= 4 is 23.8 Å². The summed E-state index contributed by atoms with van der Waals surface area (Å²) in [6.07, 6.45) is 8.55. The van der Waals surface area contributed by atoms with Crippen molar-refractivity contribution in [1.82, 2.24) is 25.0 Å². The van der Waals surface area contributed by atoms with E-state index in [1.54, 1.807) is 12.4 Å². The fourth-order valence-electron chi connectivity index (χ4n) is 5.66. The van der Waals surface area contributed by atoms with Crippen LogP contribution in [0.5, 0.6) is 5.75 Å². The molecule has 12 heteroatoms. The third kappa shape index (κ3) is 6.86.